The molecule has 0 aliphatic rings. The quantitative estimate of drug-likeness (QED) is 0.577. The van der Waals surface area contributed by atoms with E-state index >= 15 is 0 Å². The summed E-state index contributed by atoms with van der Waals surface area (Å²) in [4.78, 5) is 24.5. The molecule has 0 saturated heterocycles. The minimum absolute atomic E-state index is 0.0358. The van der Waals surface area contributed by atoms with E-state index in [0.717, 1.165) is 18.2 Å². The number of allylic oxidation sites excluding steroid dienone is 1. The van der Waals surface area contributed by atoms with Gasteiger partial charge in [0.25, 0.3) is 5.91 Å². The molecule has 0 heterocycles. The van der Waals surface area contributed by atoms with Crippen LogP contribution in [0.2, 0.25) is 0 Å². The molecule has 84 valence electrons. The Labute approximate surface area is 93.2 Å². The van der Waals surface area contributed by atoms with Crippen LogP contribution >= 0.6 is 0 Å². The lowest BCUT2D eigenvalue weighted by Gasteiger charge is -2.12. The monoisotopic (exact) mass is 221 g/mol. The molecular formula is C12H12FNO2. The van der Waals surface area contributed by atoms with Crippen molar-refractivity contribution in [3.05, 3.63) is 47.8 Å². The summed E-state index contributed by atoms with van der Waals surface area (Å²) in [5.74, 6) is -1.37. The van der Waals surface area contributed by atoms with Gasteiger partial charge in [-0.15, -0.1) is 0 Å². The Hall–Kier alpha value is -1.97. The maximum Gasteiger partial charge on any atom is 0.254 e. The van der Waals surface area contributed by atoms with Crippen LogP contribution in [-0.2, 0) is 0 Å². The number of rotatable bonds is 3. The summed E-state index contributed by atoms with van der Waals surface area (Å²) in [6.45, 7) is 3.32. The molecule has 1 aromatic rings. The molecule has 0 saturated carbocycles. The molecule has 0 spiro atoms. The first-order valence-corrected chi connectivity index (χ1v) is 4.65. The van der Waals surface area contributed by atoms with Gasteiger partial charge < -0.3 is 4.90 Å². The SMILES string of the molecule is C=CC(=O)c1cc(F)ccc1C(=O)N(C)C. The molecular weight excluding hydrogens is 209 g/mol. The summed E-state index contributed by atoms with van der Waals surface area (Å²) in [6, 6.07) is 3.49. The van der Waals surface area contributed by atoms with Gasteiger partial charge in [0.15, 0.2) is 5.78 Å². The minimum Gasteiger partial charge on any atom is -0.345 e. The number of nitrogens with zero attached hydrogens (tertiary/aromatic N) is 1. The molecule has 0 bridgehead atoms. The summed E-state index contributed by atoms with van der Waals surface area (Å²) in [7, 11) is 3.13. The Bertz CT molecular complexity index is 452. The third-order valence-corrected chi connectivity index (χ3v) is 2.07. The van der Waals surface area contributed by atoms with Crippen molar-refractivity contribution in [2.45, 2.75) is 0 Å². The molecule has 0 atom stereocenters. The Morgan fingerprint density at radius 2 is 1.94 bits per heavy atom. The first-order valence-electron chi connectivity index (χ1n) is 4.65. The average Bonchev–Trinajstić information content (AvgIpc) is 2.26. The smallest absolute Gasteiger partial charge is 0.254 e. The molecule has 0 aliphatic heterocycles. The maximum absolute atomic E-state index is 13.0. The van der Waals surface area contributed by atoms with Crippen LogP contribution in [0.1, 0.15) is 20.7 Å². The van der Waals surface area contributed by atoms with Gasteiger partial charge in [0, 0.05) is 19.7 Å². The van der Waals surface area contributed by atoms with Crippen molar-refractivity contribution in [2.75, 3.05) is 14.1 Å². The normalized spacial score (nSPS) is 9.69. The Morgan fingerprint density at radius 1 is 1.31 bits per heavy atom. The molecule has 0 aliphatic carbocycles. The zero-order chi connectivity index (χ0) is 12.3. The van der Waals surface area contributed by atoms with E-state index in [1.807, 2.05) is 0 Å². The first-order chi connectivity index (χ1) is 7.47. The third kappa shape index (κ3) is 2.34. The van der Waals surface area contributed by atoms with Crippen molar-refractivity contribution in [3.63, 3.8) is 0 Å². The van der Waals surface area contributed by atoms with Gasteiger partial charge >= 0.3 is 0 Å². The van der Waals surface area contributed by atoms with E-state index in [1.54, 1.807) is 14.1 Å². The summed E-state index contributed by atoms with van der Waals surface area (Å²) in [5, 5.41) is 0. The number of hydrogen-bond donors (Lipinski definition) is 0. The van der Waals surface area contributed by atoms with Gasteiger partial charge in [-0.1, -0.05) is 6.58 Å². The summed E-state index contributed by atoms with van der Waals surface area (Å²) >= 11 is 0. The van der Waals surface area contributed by atoms with E-state index in [-0.39, 0.29) is 17.0 Å². The fraction of sp³-hybridized carbons (Fsp3) is 0.167. The fourth-order valence-electron chi connectivity index (χ4n) is 1.26. The zero-order valence-corrected chi connectivity index (χ0v) is 9.16. The molecule has 3 nitrogen and oxygen atoms in total. The van der Waals surface area contributed by atoms with Gasteiger partial charge in [-0.3, -0.25) is 9.59 Å². The molecule has 1 amide bonds. The van der Waals surface area contributed by atoms with Crippen LogP contribution < -0.4 is 0 Å². The van der Waals surface area contributed by atoms with Crippen LogP contribution in [0.4, 0.5) is 4.39 Å². The predicted molar refractivity (Wildman–Crippen MR) is 58.9 cm³/mol. The largest absolute Gasteiger partial charge is 0.345 e. The second-order valence-corrected chi connectivity index (χ2v) is 3.46. The lowest BCUT2D eigenvalue weighted by Crippen LogP contribution is -2.23. The van der Waals surface area contributed by atoms with E-state index in [2.05, 4.69) is 6.58 Å². The molecule has 0 aromatic heterocycles. The summed E-state index contributed by atoms with van der Waals surface area (Å²) in [6.07, 6.45) is 1.06. The first kappa shape index (κ1) is 12.1. The fourth-order valence-corrected chi connectivity index (χ4v) is 1.26. The van der Waals surface area contributed by atoms with Gasteiger partial charge in [-0.05, 0) is 24.3 Å². The van der Waals surface area contributed by atoms with E-state index in [9.17, 15) is 14.0 Å². The summed E-state index contributed by atoms with van der Waals surface area (Å²) < 4.78 is 13.0. The van der Waals surface area contributed by atoms with Crippen molar-refractivity contribution in [2.24, 2.45) is 0 Å². The number of ketones is 1. The standard InChI is InChI=1S/C12H12FNO2/c1-4-11(15)10-7-8(13)5-6-9(10)12(16)14(2)3/h4-7H,1H2,2-3H3. The lowest BCUT2D eigenvalue weighted by atomic mass is 10.0. The average molecular weight is 221 g/mol. The van der Waals surface area contributed by atoms with Crippen LogP contribution in [0.5, 0.6) is 0 Å². The Morgan fingerprint density at radius 3 is 2.44 bits per heavy atom. The van der Waals surface area contributed by atoms with Crippen LogP contribution in [0.25, 0.3) is 0 Å². The molecule has 16 heavy (non-hydrogen) atoms. The van der Waals surface area contributed by atoms with E-state index in [0.29, 0.717) is 0 Å². The minimum atomic E-state index is -0.555. The number of amides is 1. The van der Waals surface area contributed by atoms with Gasteiger partial charge in [0.2, 0.25) is 0 Å². The highest BCUT2D eigenvalue weighted by molar-refractivity contribution is 6.12. The van der Waals surface area contributed by atoms with Crippen LogP contribution in [0.3, 0.4) is 0 Å². The van der Waals surface area contributed by atoms with Gasteiger partial charge in [0.1, 0.15) is 5.82 Å². The van der Waals surface area contributed by atoms with Crippen molar-refractivity contribution >= 4 is 11.7 Å². The number of hydrogen-bond acceptors (Lipinski definition) is 2. The predicted octanol–water partition coefficient (Wildman–Crippen LogP) is 1.90. The lowest BCUT2D eigenvalue weighted by molar-refractivity contribution is 0.0822. The second kappa shape index (κ2) is 4.70. The van der Waals surface area contributed by atoms with Crippen LogP contribution in [0, 0.1) is 5.82 Å². The van der Waals surface area contributed by atoms with Crippen LogP contribution in [0.15, 0.2) is 30.9 Å². The van der Waals surface area contributed by atoms with Crippen molar-refractivity contribution in [1.29, 1.82) is 0 Å². The van der Waals surface area contributed by atoms with Gasteiger partial charge in [-0.25, -0.2) is 4.39 Å². The second-order valence-electron chi connectivity index (χ2n) is 3.46. The molecule has 0 fully saturated rings. The maximum atomic E-state index is 13.0. The molecule has 4 heteroatoms. The summed E-state index contributed by atoms with van der Waals surface area (Å²) in [5.41, 5.74) is 0.213. The van der Waals surface area contributed by atoms with Gasteiger partial charge in [0.05, 0.1) is 5.56 Å². The Kier molecular flexibility index (Phi) is 3.55. The van der Waals surface area contributed by atoms with E-state index < -0.39 is 11.6 Å². The molecule has 0 N–H and O–H groups in total. The third-order valence-electron chi connectivity index (χ3n) is 2.07. The molecule has 0 radical (unpaired) electrons. The Balaban J connectivity index is 3.33. The van der Waals surface area contributed by atoms with E-state index in [4.69, 9.17) is 0 Å². The van der Waals surface area contributed by atoms with E-state index in [1.165, 1.54) is 11.0 Å². The molecule has 1 rings (SSSR count). The number of benzene rings is 1. The number of halogens is 1. The topological polar surface area (TPSA) is 37.4 Å². The highest BCUT2D eigenvalue weighted by Gasteiger charge is 2.17. The molecule has 1 aromatic carbocycles. The number of carbonyl (C=O) groups is 2. The van der Waals surface area contributed by atoms with Crippen molar-refractivity contribution in [1.82, 2.24) is 4.90 Å². The highest BCUT2D eigenvalue weighted by atomic mass is 19.1. The zero-order valence-electron chi connectivity index (χ0n) is 9.16. The number of carbonyl (C=O) groups excluding carboxylic acids is 2. The van der Waals surface area contributed by atoms with Crippen molar-refractivity contribution < 1.29 is 14.0 Å². The van der Waals surface area contributed by atoms with Gasteiger partial charge in [-0.2, -0.15) is 0 Å². The van der Waals surface area contributed by atoms with Crippen molar-refractivity contribution in [3.8, 4) is 0 Å². The highest BCUT2D eigenvalue weighted by Crippen LogP contribution is 2.14. The van der Waals surface area contributed by atoms with Crippen LogP contribution in [-0.4, -0.2) is 30.7 Å². The molecule has 0 unspecified atom stereocenters.